The average molecular weight is 291 g/mol. The third-order valence-corrected chi connectivity index (χ3v) is 5.47. The molecule has 0 aromatic carbocycles. The number of nitrogens with one attached hydrogen (secondary N) is 1. The molecule has 0 spiro atoms. The molecule has 2 aliphatic rings. The molecule has 0 bridgehead atoms. The smallest absolute Gasteiger partial charge is 0.0944 e. The average Bonchev–Trinajstić information content (AvgIpc) is 3.21. The van der Waals surface area contributed by atoms with Crippen molar-refractivity contribution in [2.45, 2.75) is 63.5 Å². The Hall–Kier alpha value is -0.870. The van der Waals surface area contributed by atoms with Crippen LogP contribution in [0.15, 0.2) is 12.4 Å². The molecule has 0 radical (unpaired) electrons. The molecule has 1 aromatic rings. The molecule has 2 saturated carbocycles. The Labute approximate surface area is 127 Å². The monoisotopic (exact) mass is 291 g/mol. The normalized spacial score (nSPS) is 22.4. The quantitative estimate of drug-likeness (QED) is 0.847. The van der Waals surface area contributed by atoms with Crippen molar-refractivity contribution in [3.8, 4) is 0 Å². The van der Waals surface area contributed by atoms with Crippen LogP contribution in [0.4, 0.5) is 0 Å². The molecule has 0 aliphatic heterocycles. The summed E-state index contributed by atoms with van der Waals surface area (Å²) in [5, 5.41) is 18.2. The second-order valence-electron chi connectivity index (χ2n) is 6.99. The van der Waals surface area contributed by atoms with Crippen LogP contribution in [0.2, 0.25) is 0 Å². The van der Waals surface area contributed by atoms with E-state index >= 15 is 0 Å². The van der Waals surface area contributed by atoms with Crippen molar-refractivity contribution in [1.29, 1.82) is 0 Å². The zero-order chi connectivity index (χ0) is 14.7. The Morgan fingerprint density at radius 1 is 1.19 bits per heavy atom. The van der Waals surface area contributed by atoms with Crippen LogP contribution in [0.5, 0.6) is 0 Å². The van der Waals surface area contributed by atoms with Gasteiger partial charge in [-0.1, -0.05) is 25.7 Å². The predicted molar refractivity (Wildman–Crippen MR) is 83.9 cm³/mol. The SMILES string of the molecule is Cn1cc(C(O)CNC(C2CCCC2)C2CCCC2)cn1. The molecule has 4 heteroatoms. The minimum Gasteiger partial charge on any atom is -0.387 e. The molecule has 1 unspecified atom stereocenters. The highest BCUT2D eigenvalue weighted by Gasteiger charge is 2.33. The van der Waals surface area contributed by atoms with Crippen LogP contribution in [-0.4, -0.2) is 27.5 Å². The fourth-order valence-electron chi connectivity index (χ4n) is 4.33. The number of nitrogens with zero attached hydrogens (tertiary/aromatic N) is 2. The molecule has 0 amide bonds. The van der Waals surface area contributed by atoms with E-state index in [2.05, 4.69) is 10.4 Å². The van der Waals surface area contributed by atoms with Gasteiger partial charge in [-0.2, -0.15) is 5.10 Å². The second kappa shape index (κ2) is 6.93. The third-order valence-electron chi connectivity index (χ3n) is 5.47. The lowest BCUT2D eigenvalue weighted by atomic mass is 9.85. The Morgan fingerprint density at radius 2 is 1.76 bits per heavy atom. The van der Waals surface area contributed by atoms with Crippen molar-refractivity contribution in [3.05, 3.63) is 18.0 Å². The van der Waals surface area contributed by atoms with Crippen molar-refractivity contribution in [3.63, 3.8) is 0 Å². The van der Waals surface area contributed by atoms with Gasteiger partial charge < -0.3 is 10.4 Å². The summed E-state index contributed by atoms with van der Waals surface area (Å²) >= 11 is 0. The van der Waals surface area contributed by atoms with Gasteiger partial charge in [-0.25, -0.2) is 0 Å². The first kappa shape index (κ1) is 15.0. The van der Waals surface area contributed by atoms with Gasteiger partial charge in [0.05, 0.1) is 12.3 Å². The van der Waals surface area contributed by atoms with E-state index in [0.29, 0.717) is 12.6 Å². The third kappa shape index (κ3) is 3.67. The first-order valence-electron chi connectivity index (χ1n) is 8.64. The van der Waals surface area contributed by atoms with E-state index in [-0.39, 0.29) is 0 Å². The summed E-state index contributed by atoms with van der Waals surface area (Å²) in [4.78, 5) is 0. The number of aliphatic hydroxyl groups is 1. The molecule has 2 N–H and O–H groups in total. The fraction of sp³-hybridized carbons (Fsp3) is 0.824. The molecule has 3 rings (SSSR count). The van der Waals surface area contributed by atoms with Crippen LogP contribution in [0.25, 0.3) is 0 Å². The first-order valence-corrected chi connectivity index (χ1v) is 8.64. The maximum Gasteiger partial charge on any atom is 0.0944 e. The van der Waals surface area contributed by atoms with Crippen molar-refractivity contribution in [1.82, 2.24) is 15.1 Å². The molecule has 4 nitrogen and oxygen atoms in total. The highest BCUT2D eigenvalue weighted by molar-refractivity contribution is 5.08. The molecule has 1 atom stereocenters. The summed E-state index contributed by atoms with van der Waals surface area (Å²) < 4.78 is 1.75. The summed E-state index contributed by atoms with van der Waals surface area (Å²) in [5.41, 5.74) is 0.918. The van der Waals surface area contributed by atoms with Gasteiger partial charge in [0.2, 0.25) is 0 Å². The Morgan fingerprint density at radius 3 is 2.24 bits per heavy atom. The van der Waals surface area contributed by atoms with Crippen LogP contribution in [-0.2, 0) is 7.05 Å². The lowest BCUT2D eigenvalue weighted by Crippen LogP contribution is -2.42. The lowest BCUT2D eigenvalue weighted by molar-refractivity contribution is 0.152. The fourth-order valence-corrected chi connectivity index (χ4v) is 4.33. The number of hydrogen-bond donors (Lipinski definition) is 2. The summed E-state index contributed by atoms with van der Waals surface area (Å²) in [6, 6.07) is 0.612. The first-order chi connectivity index (χ1) is 10.2. The largest absolute Gasteiger partial charge is 0.387 e. The van der Waals surface area contributed by atoms with Crippen LogP contribution < -0.4 is 5.32 Å². The molecule has 118 valence electrons. The number of aryl methyl sites for hydroxylation is 1. The number of aromatic nitrogens is 2. The summed E-state index contributed by atoms with van der Waals surface area (Å²) in [6.07, 6.45) is 14.3. The maximum absolute atomic E-state index is 10.4. The van der Waals surface area contributed by atoms with Gasteiger partial charge in [-0.3, -0.25) is 4.68 Å². The number of hydrogen-bond acceptors (Lipinski definition) is 3. The van der Waals surface area contributed by atoms with E-state index in [1.807, 2.05) is 13.2 Å². The van der Waals surface area contributed by atoms with E-state index in [1.165, 1.54) is 51.4 Å². The highest BCUT2D eigenvalue weighted by atomic mass is 16.3. The second-order valence-corrected chi connectivity index (χ2v) is 6.99. The topological polar surface area (TPSA) is 50.1 Å². The van der Waals surface area contributed by atoms with Gasteiger partial charge in [0.15, 0.2) is 0 Å². The Balaban J connectivity index is 1.58. The van der Waals surface area contributed by atoms with E-state index in [0.717, 1.165) is 17.4 Å². The van der Waals surface area contributed by atoms with Crippen LogP contribution >= 0.6 is 0 Å². The molecular formula is C17H29N3O. The van der Waals surface area contributed by atoms with E-state index in [1.54, 1.807) is 10.9 Å². The molecule has 2 aliphatic carbocycles. The van der Waals surface area contributed by atoms with Gasteiger partial charge in [0.1, 0.15) is 0 Å². The van der Waals surface area contributed by atoms with Crippen LogP contribution in [0.3, 0.4) is 0 Å². The van der Waals surface area contributed by atoms with E-state index in [9.17, 15) is 5.11 Å². The predicted octanol–water partition coefficient (Wildman–Crippen LogP) is 2.79. The van der Waals surface area contributed by atoms with Crippen LogP contribution in [0.1, 0.15) is 63.0 Å². The molecule has 21 heavy (non-hydrogen) atoms. The molecular weight excluding hydrogens is 262 g/mol. The van der Waals surface area contributed by atoms with Gasteiger partial charge in [0, 0.05) is 31.4 Å². The zero-order valence-electron chi connectivity index (χ0n) is 13.2. The molecule has 0 saturated heterocycles. The van der Waals surface area contributed by atoms with Crippen molar-refractivity contribution in [2.75, 3.05) is 6.54 Å². The lowest BCUT2D eigenvalue weighted by Gasteiger charge is -2.31. The zero-order valence-corrected chi connectivity index (χ0v) is 13.2. The van der Waals surface area contributed by atoms with E-state index in [4.69, 9.17) is 0 Å². The highest BCUT2D eigenvalue weighted by Crippen LogP contribution is 2.37. The Bertz CT molecular complexity index is 417. The number of rotatable bonds is 6. The van der Waals surface area contributed by atoms with Crippen molar-refractivity contribution < 1.29 is 5.11 Å². The van der Waals surface area contributed by atoms with Gasteiger partial charge in [-0.05, 0) is 37.5 Å². The summed E-state index contributed by atoms with van der Waals surface area (Å²) in [6.45, 7) is 0.656. The molecule has 1 aromatic heterocycles. The summed E-state index contributed by atoms with van der Waals surface area (Å²) in [5.74, 6) is 1.66. The van der Waals surface area contributed by atoms with Gasteiger partial charge in [-0.15, -0.1) is 0 Å². The number of aliphatic hydroxyl groups excluding tert-OH is 1. The summed E-state index contributed by atoms with van der Waals surface area (Å²) in [7, 11) is 1.89. The van der Waals surface area contributed by atoms with Crippen LogP contribution in [0, 0.1) is 11.8 Å². The Kier molecular flexibility index (Phi) is 4.96. The minimum absolute atomic E-state index is 0.441. The molecule has 1 heterocycles. The van der Waals surface area contributed by atoms with Crippen molar-refractivity contribution >= 4 is 0 Å². The van der Waals surface area contributed by atoms with E-state index < -0.39 is 6.10 Å². The van der Waals surface area contributed by atoms with Gasteiger partial charge >= 0.3 is 0 Å². The standard InChI is InChI=1S/C17H29N3O/c1-20-12-15(10-19-20)16(21)11-18-17(13-6-2-3-7-13)14-8-4-5-9-14/h10,12-14,16-18,21H,2-9,11H2,1H3. The molecule has 2 fully saturated rings. The van der Waals surface area contributed by atoms with Gasteiger partial charge in [0.25, 0.3) is 0 Å². The minimum atomic E-state index is -0.441. The maximum atomic E-state index is 10.4. The van der Waals surface area contributed by atoms with Crippen molar-refractivity contribution in [2.24, 2.45) is 18.9 Å².